The monoisotopic (exact) mass is 245 g/mol. The smallest absolute Gasteiger partial charge is 0.0543 e. The van der Waals surface area contributed by atoms with Crippen LogP contribution in [0.3, 0.4) is 0 Å². The second-order valence-corrected chi connectivity index (χ2v) is 5.97. The van der Waals surface area contributed by atoms with E-state index in [0.717, 1.165) is 19.4 Å². The maximum Gasteiger partial charge on any atom is 0.0543 e. The van der Waals surface area contributed by atoms with Gasteiger partial charge in [-0.25, -0.2) is 0 Å². The van der Waals surface area contributed by atoms with Gasteiger partial charge in [-0.15, -0.1) is 0 Å². The zero-order chi connectivity index (χ0) is 12.4. The maximum absolute atomic E-state index is 9.69. The zero-order valence-electron chi connectivity index (χ0n) is 10.9. The lowest BCUT2D eigenvalue weighted by atomic mass is 9.87. The molecule has 2 unspecified atom stereocenters. The number of rotatable bonds is 3. The second-order valence-electron chi connectivity index (χ2n) is 5.97. The third-order valence-corrected chi connectivity index (χ3v) is 4.50. The van der Waals surface area contributed by atoms with Gasteiger partial charge in [-0.05, 0) is 55.7 Å². The third-order valence-electron chi connectivity index (χ3n) is 4.50. The highest BCUT2D eigenvalue weighted by atomic mass is 16.3. The van der Waals surface area contributed by atoms with Crippen molar-refractivity contribution in [2.45, 2.75) is 50.7 Å². The molecule has 2 atom stereocenters. The third kappa shape index (κ3) is 2.76. The molecule has 0 bridgehead atoms. The van der Waals surface area contributed by atoms with Crippen molar-refractivity contribution in [3.8, 4) is 0 Å². The highest BCUT2D eigenvalue weighted by Gasteiger charge is 2.24. The molecule has 0 saturated heterocycles. The van der Waals surface area contributed by atoms with Crippen molar-refractivity contribution in [1.82, 2.24) is 5.32 Å². The van der Waals surface area contributed by atoms with Gasteiger partial charge in [-0.1, -0.05) is 30.7 Å². The first-order valence-electron chi connectivity index (χ1n) is 7.29. The van der Waals surface area contributed by atoms with E-state index >= 15 is 0 Å². The van der Waals surface area contributed by atoms with Crippen molar-refractivity contribution in [1.29, 1.82) is 0 Å². The first-order valence-corrected chi connectivity index (χ1v) is 7.29. The van der Waals surface area contributed by atoms with Gasteiger partial charge in [-0.2, -0.15) is 0 Å². The van der Waals surface area contributed by atoms with Crippen molar-refractivity contribution in [2.24, 2.45) is 5.92 Å². The molecule has 2 nitrogen and oxygen atoms in total. The van der Waals surface area contributed by atoms with E-state index in [1.54, 1.807) is 0 Å². The Balaban J connectivity index is 1.48. The normalized spacial score (nSPS) is 28.3. The quantitative estimate of drug-likeness (QED) is 0.856. The summed E-state index contributed by atoms with van der Waals surface area (Å²) >= 11 is 0. The molecule has 1 aromatic carbocycles. The van der Waals surface area contributed by atoms with Gasteiger partial charge < -0.3 is 10.4 Å². The number of hydrogen-bond donors (Lipinski definition) is 2. The van der Waals surface area contributed by atoms with Crippen molar-refractivity contribution >= 4 is 0 Å². The molecule has 0 spiro atoms. The number of aliphatic hydroxyl groups is 1. The van der Waals surface area contributed by atoms with Crippen LogP contribution in [0.2, 0.25) is 0 Å². The largest absolute Gasteiger partial charge is 0.393 e. The average Bonchev–Trinajstić information content (AvgIpc) is 2.79. The molecular weight excluding hydrogens is 222 g/mol. The molecule has 18 heavy (non-hydrogen) atoms. The van der Waals surface area contributed by atoms with Crippen LogP contribution in [-0.2, 0) is 12.8 Å². The van der Waals surface area contributed by atoms with Crippen LogP contribution in [0.5, 0.6) is 0 Å². The van der Waals surface area contributed by atoms with Gasteiger partial charge in [0.15, 0.2) is 0 Å². The Labute approximate surface area is 109 Å². The van der Waals surface area contributed by atoms with E-state index in [1.165, 1.54) is 36.8 Å². The van der Waals surface area contributed by atoms with E-state index in [9.17, 15) is 5.11 Å². The minimum Gasteiger partial charge on any atom is -0.393 e. The lowest BCUT2D eigenvalue weighted by molar-refractivity contribution is 0.0997. The fourth-order valence-corrected chi connectivity index (χ4v) is 3.48. The lowest BCUT2D eigenvalue weighted by Gasteiger charge is -2.27. The molecule has 1 saturated carbocycles. The Hall–Kier alpha value is -0.860. The van der Waals surface area contributed by atoms with Gasteiger partial charge >= 0.3 is 0 Å². The molecule has 0 radical (unpaired) electrons. The minimum absolute atomic E-state index is 0.0497. The molecule has 0 aliphatic heterocycles. The molecule has 2 aliphatic rings. The van der Waals surface area contributed by atoms with E-state index in [-0.39, 0.29) is 6.10 Å². The summed E-state index contributed by atoms with van der Waals surface area (Å²) in [6.07, 6.45) is 6.77. The van der Waals surface area contributed by atoms with E-state index in [2.05, 4.69) is 29.6 Å². The highest BCUT2D eigenvalue weighted by Crippen LogP contribution is 2.25. The molecule has 0 aromatic heterocycles. The molecule has 0 amide bonds. The van der Waals surface area contributed by atoms with Gasteiger partial charge in [-0.3, -0.25) is 0 Å². The number of nitrogens with one attached hydrogen (secondary N) is 1. The predicted molar refractivity (Wildman–Crippen MR) is 73.6 cm³/mol. The summed E-state index contributed by atoms with van der Waals surface area (Å²) in [5.41, 5.74) is 3.03. The number of benzene rings is 1. The SMILES string of the molecule is OC1CCCC(CNC2Cc3ccccc3C2)C1. The summed E-state index contributed by atoms with van der Waals surface area (Å²) in [6.45, 7) is 1.08. The van der Waals surface area contributed by atoms with Gasteiger partial charge in [0.05, 0.1) is 6.10 Å². The Morgan fingerprint density at radius 3 is 2.50 bits per heavy atom. The van der Waals surface area contributed by atoms with Crippen LogP contribution in [0, 0.1) is 5.92 Å². The molecule has 1 fully saturated rings. The second kappa shape index (κ2) is 5.41. The first-order chi connectivity index (χ1) is 8.81. The summed E-state index contributed by atoms with van der Waals surface area (Å²) in [5, 5.41) is 13.4. The summed E-state index contributed by atoms with van der Waals surface area (Å²) in [4.78, 5) is 0. The van der Waals surface area contributed by atoms with Crippen molar-refractivity contribution < 1.29 is 5.11 Å². The molecule has 0 heterocycles. The fraction of sp³-hybridized carbons (Fsp3) is 0.625. The van der Waals surface area contributed by atoms with Gasteiger partial charge in [0, 0.05) is 6.04 Å². The minimum atomic E-state index is -0.0497. The van der Waals surface area contributed by atoms with Crippen LogP contribution in [0.1, 0.15) is 36.8 Å². The number of hydrogen-bond acceptors (Lipinski definition) is 2. The van der Waals surface area contributed by atoms with Crippen LogP contribution in [0.15, 0.2) is 24.3 Å². The molecule has 98 valence electrons. The van der Waals surface area contributed by atoms with Crippen LogP contribution in [0.25, 0.3) is 0 Å². The molecule has 1 aromatic rings. The van der Waals surface area contributed by atoms with Crippen LogP contribution in [-0.4, -0.2) is 23.8 Å². The van der Waals surface area contributed by atoms with Crippen LogP contribution < -0.4 is 5.32 Å². The van der Waals surface area contributed by atoms with E-state index < -0.39 is 0 Å². The highest BCUT2D eigenvalue weighted by molar-refractivity contribution is 5.33. The summed E-state index contributed by atoms with van der Waals surface area (Å²) in [7, 11) is 0. The van der Waals surface area contributed by atoms with Crippen molar-refractivity contribution in [2.75, 3.05) is 6.54 Å². The summed E-state index contributed by atoms with van der Waals surface area (Å²) in [6, 6.07) is 9.39. The molecular formula is C16H23NO. The van der Waals surface area contributed by atoms with Gasteiger partial charge in [0.2, 0.25) is 0 Å². The zero-order valence-corrected chi connectivity index (χ0v) is 10.9. The summed E-state index contributed by atoms with van der Waals surface area (Å²) in [5.74, 6) is 0.678. The molecule has 2 aliphatic carbocycles. The Morgan fingerprint density at radius 2 is 1.83 bits per heavy atom. The van der Waals surface area contributed by atoms with E-state index in [4.69, 9.17) is 0 Å². The Bertz CT molecular complexity index is 379. The van der Waals surface area contributed by atoms with Crippen LogP contribution in [0.4, 0.5) is 0 Å². The summed E-state index contributed by atoms with van der Waals surface area (Å²) < 4.78 is 0. The molecule has 3 rings (SSSR count). The predicted octanol–water partition coefficient (Wildman–Crippen LogP) is 2.29. The fourth-order valence-electron chi connectivity index (χ4n) is 3.48. The molecule has 2 N–H and O–H groups in total. The molecule has 2 heteroatoms. The standard InChI is InChI=1S/C16H23NO/c18-16-7-3-4-12(8-16)11-17-15-9-13-5-1-2-6-14(13)10-15/h1-2,5-6,12,15-18H,3-4,7-11H2. The Morgan fingerprint density at radius 1 is 1.11 bits per heavy atom. The Kier molecular flexibility index (Phi) is 3.67. The van der Waals surface area contributed by atoms with Crippen molar-refractivity contribution in [3.05, 3.63) is 35.4 Å². The first kappa shape index (κ1) is 12.2. The topological polar surface area (TPSA) is 32.3 Å². The van der Waals surface area contributed by atoms with Crippen molar-refractivity contribution in [3.63, 3.8) is 0 Å². The van der Waals surface area contributed by atoms with Gasteiger partial charge in [0.25, 0.3) is 0 Å². The van der Waals surface area contributed by atoms with Crippen LogP contribution >= 0.6 is 0 Å². The van der Waals surface area contributed by atoms with E-state index in [1.807, 2.05) is 0 Å². The number of aliphatic hydroxyl groups excluding tert-OH is 1. The van der Waals surface area contributed by atoms with E-state index in [0.29, 0.717) is 12.0 Å². The van der Waals surface area contributed by atoms with Gasteiger partial charge in [0.1, 0.15) is 0 Å². The lowest BCUT2D eigenvalue weighted by Crippen LogP contribution is -2.36. The average molecular weight is 245 g/mol. The number of fused-ring (bicyclic) bond motifs is 1. The maximum atomic E-state index is 9.69.